The van der Waals surface area contributed by atoms with Crippen LogP contribution in [0.4, 0.5) is 10.1 Å². The molecule has 0 fully saturated rings. The third-order valence-electron chi connectivity index (χ3n) is 5.10. The Morgan fingerprint density at radius 2 is 2.21 bits per heavy atom. The summed E-state index contributed by atoms with van der Waals surface area (Å²) in [6.07, 6.45) is 3.77. The minimum Gasteiger partial charge on any atom is -0.319 e. The molecule has 5 heteroatoms. The minimum atomic E-state index is -0.278. The third-order valence-corrected chi connectivity index (χ3v) is 6.15. The fraction of sp³-hybridized carbons (Fsp3) is 0.421. The summed E-state index contributed by atoms with van der Waals surface area (Å²) in [5, 5.41) is 7.96. The molecule has 1 amide bonds. The van der Waals surface area contributed by atoms with Crippen LogP contribution in [0.25, 0.3) is 0 Å². The van der Waals surface area contributed by atoms with Crippen LogP contribution in [0, 0.1) is 11.7 Å². The van der Waals surface area contributed by atoms with Crippen LogP contribution in [-0.4, -0.2) is 12.5 Å². The molecule has 2 aromatic rings. The molecular weight excluding hydrogens is 323 g/mol. The van der Waals surface area contributed by atoms with E-state index in [1.54, 1.807) is 17.4 Å². The van der Waals surface area contributed by atoms with Gasteiger partial charge >= 0.3 is 0 Å². The molecule has 4 rings (SSSR count). The Morgan fingerprint density at radius 1 is 1.33 bits per heavy atom. The quantitative estimate of drug-likeness (QED) is 0.867. The molecule has 24 heavy (non-hydrogen) atoms. The van der Waals surface area contributed by atoms with Crippen LogP contribution < -0.4 is 10.6 Å². The number of anilines is 1. The number of hydrogen-bond acceptors (Lipinski definition) is 3. The van der Waals surface area contributed by atoms with Crippen molar-refractivity contribution in [2.75, 3.05) is 11.9 Å². The normalized spacial score (nSPS) is 19.5. The Balaban J connectivity index is 1.59. The average molecular weight is 344 g/mol. The molecule has 1 aliphatic heterocycles. The zero-order valence-corrected chi connectivity index (χ0v) is 14.6. The van der Waals surface area contributed by atoms with Crippen LogP contribution in [-0.2, 0) is 25.8 Å². The van der Waals surface area contributed by atoms with Crippen LogP contribution in [0.1, 0.15) is 45.3 Å². The number of carbonyl (C=O) groups is 1. The van der Waals surface area contributed by atoms with Crippen molar-refractivity contribution in [2.24, 2.45) is 5.92 Å². The molecule has 1 atom stereocenters. The van der Waals surface area contributed by atoms with Gasteiger partial charge in [-0.1, -0.05) is 13.0 Å². The molecule has 2 heterocycles. The molecule has 1 unspecified atom stereocenters. The van der Waals surface area contributed by atoms with Gasteiger partial charge in [-0.3, -0.25) is 4.79 Å². The molecule has 1 aromatic heterocycles. The number of amides is 1. The van der Waals surface area contributed by atoms with E-state index in [1.807, 2.05) is 11.4 Å². The van der Waals surface area contributed by atoms with Gasteiger partial charge in [0.05, 0.1) is 11.3 Å². The molecule has 126 valence electrons. The number of carbonyl (C=O) groups excluding carboxylic acids is 1. The summed E-state index contributed by atoms with van der Waals surface area (Å²) >= 11 is 1.66. The van der Waals surface area contributed by atoms with Crippen molar-refractivity contribution < 1.29 is 9.18 Å². The second-order valence-electron chi connectivity index (χ2n) is 6.84. The zero-order valence-electron chi connectivity index (χ0n) is 13.7. The van der Waals surface area contributed by atoms with E-state index in [2.05, 4.69) is 17.6 Å². The summed E-state index contributed by atoms with van der Waals surface area (Å²) in [6.45, 7) is 3.72. The molecule has 0 saturated carbocycles. The van der Waals surface area contributed by atoms with Crippen molar-refractivity contribution in [3.8, 4) is 0 Å². The predicted octanol–water partition coefficient (Wildman–Crippen LogP) is 3.91. The lowest BCUT2D eigenvalue weighted by Crippen LogP contribution is -2.25. The van der Waals surface area contributed by atoms with Gasteiger partial charge in [-0.05, 0) is 60.9 Å². The highest BCUT2D eigenvalue weighted by Crippen LogP contribution is 2.33. The number of nitrogens with one attached hydrogen (secondary N) is 2. The smallest absolute Gasteiger partial charge is 0.256 e. The molecule has 0 bridgehead atoms. The highest BCUT2D eigenvalue weighted by molar-refractivity contribution is 7.10. The fourth-order valence-corrected chi connectivity index (χ4v) is 4.93. The lowest BCUT2D eigenvalue weighted by Gasteiger charge is -2.20. The van der Waals surface area contributed by atoms with E-state index in [0.29, 0.717) is 24.6 Å². The molecule has 1 aliphatic carbocycles. The van der Waals surface area contributed by atoms with Crippen LogP contribution in [0.15, 0.2) is 17.5 Å². The second kappa shape index (κ2) is 6.30. The number of rotatable bonds is 2. The van der Waals surface area contributed by atoms with Crippen molar-refractivity contribution in [1.29, 1.82) is 0 Å². The number of benzene rings is 1. The highest BCUT2D eigenvalue weighted by atomic mass is 32.1. The molecular formula is C19H21FN2OS. The third kappa shape index (κ3) is 2.76. The van der Waals surface area contributed by atoms with Gasteiger partial charge in [0.15, 0.2) is 0 Å². The van der Waals surface area contributed by atoms with Gasteiger partial charge in [0, 0.05) is 16.8 Å². The summed E-state index contributed by atoms with van der Waals surface area (Å²) in [4.78, 5) is 14.0. The molecule has 1 aromatic carbocycles. The molecule has 0 spiro atoms. The van der Waals surface area contributed by atoms with Crippen molar-refractivity contribution in [2.45, 2.75) is 39.2 Å². The van der Waals surface area contributed by atoms with Crippen LogP contribution in [0.3, 0.4) is 0 Å². The van der Waals surface area contributed by atoms with Crippen LogP contribution in [0.5, 0.6) is 0 Å². The van der Waals surface area contributed by atoms with E-state index < -0.39 is 0 Å². The van der Waals surface area contributed by atoms with Crippen molar-refractivity contribution in [1.82, 2.24) is 5.32 Å². The van der Waals surface area contributed by atoms with Gasteiger partial charge in [-0.25, -0.2) is 4.39 Å². The van der Waals surface area contributed by atoms with Crippen molar-refractivity contribution in [3.63, 3.8) is 0 Å². The van der Waals surface area contributed by atoms with Gasteiger partial charge < -0.3 is 10.6 Å². The number of thiophene rings is 1. The molecule has 2 N–H and O–H groups in total. The first-order valence-corrected chi connectivity index (χ1v) is 9.43. The SMILES string of the molecule is CC1CCc2c(C(=O)Nc3ccc4c(c3F)CCNC4)csc2C1. The summed E-state index contributed by atoms with van der Waals surface area (Å²) in [5.74, 6) is 0.216. The van der Waals surface area contributed by atoms with Gasteiger partial charge in [0.1, 0.15) is 5.82 Å². The largest absolute Gasteiger partial charge is 0.319 e. The van der Waals surface area contributed by atoms with Crippen molar-refractivity contribution in [3.05, 3.63) is 50.5 Å². The Hall–Kier alpha value is -1.72. The van der Waals surface area contributed by atoms with E-state index in [4.69, 9.17) is 0 Å². The van der Waals surface area contributed by atoms with Crippen LogP contribution >= 0.6 is 11.3 Å². The maximum atomic E-state index is 14.7. The average Bonchev–Trinajstić information content (AvgIpc) is 3.00. The van der Waals surface area contributed by atoms with E-state index in [-0.39, 0.29) is 11.7 Å². The molecule has 2 aliphatic rings. The molecule has 0 saturated heterocycles. The first-order chi connectivity index (χ1) is 11.6. The maximum Gasteiger partial charge on any atom is 0.256 e. The van der Waals surface area contributed by atoms with Crippen LogP contribution in [0.2, 0.25) is 0 Å². The van der Waals surface area contributed by atoms with E-state index in [9.17, 15) is 9.18 Å². The van der Waals surface area contributed by atoms with Gasteiger partial charge in [-0.2, -0.15) is 0 Å². The topological polar surface area (TPSA) is 41.1 Å². The first kappa shape index (κ1) is 15.8. The van der Waals surface area contributed by atoms with Gasteiger partial charge in [0.25, 0.3) is 5.91 Å². The number of hydrogen-bond donors (Lipinski definition) is 2. The summed E-state index contributed by atoms with van der Waals surface area (Å²) in [7, 11) is 0. The zero-order chi connectivity index (χ0) is 16.7. The second-order valence-corrected chi connectivity index (χ2v) is 7.81. The molecule has 0 radical (unpaired) electrons. The number of fused-ring (bicyclic) bond motifs is 2. The van der Waals surface area contributed by atoms with E-state index >= 15 is 0 Å². The minimum absolute atomic E-state index is 0.185. The van der Waals surface area contributed by atoms with Gasteiger partial charge in [-0.15, -0.1) is 11.3 Å². The standard InChI is InChI=1S/C19H21FN2OS/c1-11-2-4-14-15(10-24-17(14)8-11)19(23)22-16-5-3-12-9-21-7-6-13(12)18(16)20/h3,5,10-11,21H,2,4,6-9H2,1H3,(H,22,23). The summed E-state index contributed by atoms with van der Waals surface area (Å²) in [6, 6.07) is 3.59. The van der Waals surface area contributed by atoms with Crippen molar-refractivity contribution >= 4 is 22.9 Å². The Bertz CT molecular complexity index is 799. The first-order valence-electron chi connectivity index (χ1n) is 8.55. The predicted molar refractivity (Wildman–Crippen MR) is 95.3 cm³/mol. The van der Waals surface area contributed by atoms with E-state index in [1.165, 1.54) is 4.88 Å². The Labute approximate surface area is 145 Å². The monoisotopic (exact) mass is 344 g/mol. The number of halogens is 1. The summed E-state index contributed by atoms with van der Waals surface area (Å²) in [5.41, 5.74) is 3.90. The van der Waals surface area contributed by atoms with E-state index in [0.717, 1.165) is 48.1 Å². The Morgan fingerprint density at radius 3 is 3.08 bits per heavy atom. The fourth-order valence-electron chi connectivity index (χ4n) is 3.69. The lowest BCUT2D eigenvalue weighted by molar-refractivity contribution is 0.102. The maximum absolute atomic E-state index is 14.7. The lowest BCUT2D eigenvalue weighted by atomic mass is 9.88. The molecule has 3 nitrogen and oxygen atoms in total. The Kier molecular flexibility index (Phi) is 4.14. The summed E-state index contributed by atoms with van der Waals surface area (Å²) < 4.78 is 14.7. The highest BCUT2D eigenvalue weighted by Gasteiger charge is 2.24. The van der Waals surface area contributed by atoms with Gasteiger partial charge in [0.2, 0.25) is 0 Å².